The van der Waals surface area contributed by atoms with Crippen LogP contribution in [-0.2, 0) is 14.3 Å². The largest absolute Gasteiger partial charge is 0.468 e. The summed E-state index contributed by atoms with van der Waals surface area (Å²) in [5.41, 5.74) is 2.67. The van der Waals surface area contributed by atoms with Crippen molar-refractivity contribution < 1.29 is 14.3 Å². The van der Waals surface area contributed by atoms with E-state index in [1.807, 2.05) is 37.3 Å². The maximum atomic E-state index is 14.3. The van der Waals surface area contributed by atoms with Crippen molar-refractivity contribution in [3.63, 3.8) is 0 Å². The lowest BCUT2D eigenvalue weighted by Crippen LogP contribution is -2.66. The topological polar surface area (TPSA) is 43.4 Å². The van der Waals surface area contributed by atoms with E-state index in [1.54, 1.807) is 5.57 Å². The maximum Gasteiger partial charge on any atom is 0.319 e. The van der Waals surface area contributed by atoms with Crippen LogP contribution < -0.4 is 0 Å². The molecule has 0 radical (unpaired) electrons. The van der Waals surface area contributed by atoms with Gasteiger partial charge >= 0.3 is 5.97 Å². The van der Waals surface area contributed by atoms with Gasteiger partial charge in [-0.1, -0.05) is 76.9 Å². The van der Waals surface area contributed by atoms with Gasteiger partial charge in [-0.2, -0.15) is 0 Å². The number of allylic oxidation sites excluding steroid dienone is 3. The number of ketones is 1. The summed E-state index contributed by atoms with van der Waals surface area (Å²) in [4.78, 5) is 27.9. The van der Waals surface area contributed by atoms with Gasteiger partial charge in [-0.25, -0.2) is 0 Å². The molecule has 0 aliphatic heterocycles. The highest BCUT2D eigenvalue weighted by Gasteiger charge is 2.70. The van der Waals surface area contributed by atoms with Gasteiger partial charge < -0.3 is 4.74 Å². The molecule has 0 amide bonds. The molecule has 0 saturated heterocycles. The highest BCUT2D eigenvalue weighted by Crippen LogP contribution is 2.75. The fraction of sp³-hybridized carbons (Fsp3) is 0.684. The number of fused-ring (bicyclic) bond motifs is 7. The molecule has 42 heavy (non-hydrogen) atoms. The summed E-state index contributed by atoms with van der Waals surface area (Å²) in [5.74, 6) is 1.99. The van der Waals surface area contributed by atoms with E-state index in [9.17, 15) is 9.59 Å². The molecule has 0 spiro atoms. The van der Waals surface area contributed by atoms with Crippen LogP contribution in [0.1, 0.15) is 105 Å². The van der Waals surface area contributed by atoms with Crippen molar-refractivity contribution >= 4 is 29.4 Å². The van der Waals surface area contributed by atoms with E-state index in [1.165, 1.54) is 32.8 Å². The predicted molar refractivity (Wildman–Crippen MR) is 171 cm³/mol. The molecule has 10 atom stereocenters. The number of benzene rings is 1. The molecular weight excluding hydrogens is 540 g/mol. The lowest BCUT2D eigenvalue weighted by molar-refractivity contribution is -0.192. The number of ether oxygens (including phenoxy) is 1. The molecule has 0 aromatic heterocycles. The van der Waals surface area contributed by atoms with Crippen LogP contribution in [0.25, 0.3) is 6.08 Å². The number of hydrogen-bond donors (Lipinski definition) is 0. The van der Waals surface area contributed by atoms with Gasteiger partial charge in [-0.05, 0) is 139 Å². The fourth-order valence-electron chi connectivity index (χ4n) is 11.7. The Bertz CT molecular complexity index is 1360. The zero-order chi connectivity index (χ0) is 30.5. The quantitative estimate of drug-likeness (QED) is 0.149. The summed E-state index contributed by atoms with van der Waals surface area (Å²) in [5, 5.41) is 0.671. The SMILES string of the molecule is COC(=O)[C@@]1(C)C(=O)/C(=C/c2ccc(Cl)cc2)C[C@]2(C)[C@H]3CC=C4[C@@H]5[C@@H](C)[C@H](C)CC[C@]5(C)CC[C@@]4(C)[C@]3(C)CC[C@@H]12. The monoisotopic (exact) mass is 590 g/mol. The van der Waals surface area contributed by atoms with Gasteiger partial charge in [0.25, 0.3) is 0 Å². The Labute approximate surface area is 258 Å². The zero-order valence-corrected chi connectivity index (χ0v) is 27.9. The summed E-state index contributed by atoms with van der Waals surface area (Å²) in [7, 11) is 1.43. The highest BCUT2D eigenvalue weighted by atomic mass is 35.5. The molecule has 1 aromatic rings. The van der Waals surface area contributed by atoms with E-state index in [0.717, 1.165) is 36.3 Å². The average molecular weight is 591 g/mol. The van der Waals surface area contributed by atoms with Crippen molar-refractivity contribution in [2.75, 3.05) is 7.11 Å². The van der Waals surface area contributed by atoms with E-state index in [2.05, 4.69) is 47.6 Å². The van der Waals surface area contributed by atoms with Crippen LogP contribution >= 0.6 is 11.6 Å². The van der Waals surface area contributed by atoms with Crippen LogP contribution in [0.2, 0.25) is 5.02 Å². The second kappa shape index (κ2) is 9.82. The minimum atomic E-state index is -1.19. The molecule has 4 heteroatoms. The first-order valence-electron chi connectivity index (χ1n) is 16.5. The summed E-state index contributed by atoms with van der Waals surface area (Å²) < 4.78 is 5.41. The standard InChI is InChI=1S/C38H51ClO3/c1-23-15-17-34(3)19-20-36(5)28(31(34)24(23)2)13-14-29-35(4)22-26(21-25-9-11-27(39)12-10-25)32(40)38(7,33(41)42-8)30(35)16-18-37(29,36)6/h9-13,21,23-24,29-31H,14-20,22H2,1-8H3/b26-21+/t23-,24+,29-,30-,31+,34-,35-,36-,37-,38-/m1/s1. The van der Waals surface area contributed by atoms with Gasteiger partial charge in [-0.3, -0.25) is 9.59 Å². The second-order valence-electron chi connectivity index (χ2n) is 16.2. The number of esters is 1. The predicted octanol–water partition coefficient (Wildman–Crippen LogP) is 9.73. The Morgan fingerprint density at radius 2 is 1.64 bits per heavy atom. The minimum Gasteiger partial charge on any atom is -0.468 e. The Morgan fingerprint density at radius 1 is 0.952 bits per heavy atom. The molecule has 0 bridgehead atoms. The number of rotatable bonds is 2. The molecular formula is C38H51ClO3. The van der Waals surface area contributed by atoms with E-state index in [0.29, 0.717) is 34.6 Å². The zero-order valence-electron chi connectivity index (χ0n) is 27.1. The van der Waals surface area contributed by atoms with Gasteiger partial charge in [-0.15, -0.1) is 0 Å². The van der Waals surface area contributed by atoms with E-state index in [4.69, 9.17) is 16.3 Å². The van der Waals surface area contributed by atoms with Gasteiger partial charge in [0.2, 0.25) is 0 Å². The van der Waals surface area contributed by atoms with Crippen LogP contribution in [-0.4, -0.2) is 18.9 Å². The summed E-state index contributed by atoms with van der Waals surface area (Å²) in [6.45, 7) is 17.0. The third-order valence-electron chi connectivity index (χ3n) is 14.5. The van der Waals surface area contributed by atoms with Crippen LogP contribution in [0.5, 0.6) is 0 Å². The first-order chi connectivity index (χ1) is 19.7. The molecule has 0 N–H and O–H groups in total. The van der Waals surface area contributed by atoms with Crippen molar-refractivity contribution in [2.24, 2.45) is 56.7 Å². The molecule has 3 nitrogen and oxygen atoms in total. The summed E-state index contributed by atoms with van der Waals surface area (Å²) >= 11 is 6.18. The lowest BCUT2D eigenvalue weighted by atomic mass is 9.33. The molecule has 1 aromatic carbocycles. The average Bonchev–Trinajstić information content (AvgIpc) is 2.95. The van der Waals surface area contributed by atoms with Crippen LogP contribution in [0.4, 0.5) is 0 Å². The molecule has 0 unspecified atom stereocenters. The number of Topliss-reactive ketones (excluding diaryl/α,β-unsaturated/α-hetero) is 1. The first kappa shape index (κ1) is 30.2. The third kappa shape index (κ3) is 3.90. The van der Waals surface area contributed by atoms with E-state index >= 15 is 0 Å². The summed E-state index contributed by atoms with van der Waals surface area (Å²) in [6, 6.07) is 7.64. The lowest BCUT2D eigenvalue weighted by Gasteiger charge is -2.71. The normalized spacial score (nSPS) is 47.5. The Kier molecular flexibility index (Phi) is 7.05. The van der Waals surface area contributed by atoms with Crippen LogP contribution in [0.3, 0.4) is 0 Å². The van der Waals surface area contributed by atoms with Crippen LogP contribution in [0, 0.1) is 56.7 Å². The van der Waals surface area contributed by atoms with E-state index < -0.39 is 5.41 Å². The van der Waals surface area contributed by atoms with Gasteiger partial charge in [0, 0.05) is 5.02 Å². The molecule has 4 fully saturated rings. The van der Waals surface area contributed by atoms with Gasteiger partial charge in [0.1, 0.15) is 5.41 Å². The van der Waals surface area contributed by atoms with Crippen molar-refractivity contribution in [1.82, 2.24) is 0 Å². The van der Waals surface area contributed by atoms with Crippen molar-refractivity contribution in [3.05, 3.63) is 52.1 Å². The summed E-state index contributed by atoms with van der Waals surface area (Å²) in [6.07, 6.45) is 13.6. The first-order valence-corrected chi connectivity index (χ1v) is 16.8. The van der Waals surface area contributed by atoms with Crippen molar-refractivity contribution in [2.45, 2.75) is 99.8 Å². The molecule has 6 rings (SSSR count). The van der Waals surface area contributed by atoms with Crippen LogP contribution in [0.15, 0.2) is 41.5 Å². The molecule has 4 saturated carbocycles. The molecule has 5 aliphatic rings. The number of hydrogen-bond acceptors (Lipinski definition) is 3. The minimum absolute atomic E-state index is 0.0496. The Hall–Kier alpha value is -1.87. The van der Waals surface area contributed by atoms with Gasteiger partial charge in [0.15, 0.2) is 5.78 Å². The fourth-order valence-corrected chi connectivity index (χ4v) is 11.8. The maximum absolute atomic E-state index is 14.3. The second-order valence-corrected chi connectivity index (χ2v) is 16.7. The number of halogens is 1. The van der Waals surface area contributed by atoms with Crippen molar-refractivity contribution in [1.29, 1.82) is 0 Å². The highest BCUT2D eigenvalue weighted by molar-refractivity contribution is 6.30. The van der Waals surface area contributed by atoms with Crippen molar-refractivity contribution in [3.8, 4) is 0 Å². The third-order valence-corrected chi connectivity index (χ3v) is 14.8. The molecule has 228 valence electrons. The van der Waals surface area contributed by atoms with E-state index in [-0.39, 0.29) is 33.9 Å². The number of carbonyl (C=O) groups excluding carboxylic acids is 2. The van der Waals surface area contributed by atoms with Gasteiger partial charge in [0.05, 0.1) is 7.11 Å². The number of methoxy groups -OCH3 is 1. The smallest absolute Gasteiger partial charge is 0.319 e. The molecule has 5 aliphatic carbocycles. The Balaban J connectivity index is 1.48. The number of carbonyl (C=O) groups is 2. The molecule has 0 heterocycles. The Morgan fingerprint density at radius 3 is 2.31 bits per heavy atom.